The number of aliphatic hydroxyl groups is 1. The number of rotatable bonds is 2. The van der Waals surface area contributed by atoms with Crippen LogP contribution in [-0.4, -0.2) is 35.6 Å². The van der Waals surface area contributed by atoms with Crippen LogP contribution in [0.25, 0.3) is 0 Å². The van der Waals surface area contributed by atoms with Crippen LogP contribution < -0.4 is 0 Å². The third-order valence-electron chi connectivity index (χ3n) is 2.65. The van der Waals surface area contributed by atoms with Gasteiger partial charge in [-0.25, -0.2) is 0 Å². The standard InChI is InChI=1S/C10H16N2O2/c1-8(5-11)10(14)12-4-2-3-9(6-12)7-13/h8-9,13H,2-4,6-7H2,1H3. The lowest BCUT2D eigenvalue weighted by Crippen LogP contribution is -2.43. The maximum atomic E-state index is 11.6. The van der Waals surface area contributed by atoms with Crippen LogP contribution in [0.3, 0.4) is 0 Å². The van der Waals surface area contributed by atoms with Crippen molar-refractivity contribution in [2.45, 2.75) is 19.8 Å². The van der Waals surface area contributed by atoms with E-state index in [9.17, 15) is 4.79 Å². The van der Waals surface area contributed by atoms with Crippen LogP contribution in [0.5, 0.6) is 0 Å². The Morgan fingerprint density at radius 2 is 2.50 bits per heavy atom. The fourth-order valence-corrected chi connectivity index (χ4v) is 1.74. The van der Waals surface area contributed by atoms with Crippen LogP contribution in [0.15, 0.2) is 0 Å². The molecule has 0 aromatic heterocycles. The average molecular weight is 196 g/mol. The molecule has 1 aliphatic rings. The summed E-state index contributed by atoms with van der Waals surface area (Å²) in [5.74, 6) is -0.475. The molecule has 78 valence electrons. The summed E-state index contributed by atoms with van der Waals surface area (Å²) in [6, 6.07) is 1.94. The van der Waals surface area contributed by atoms with Gasteiger partial charge in [0.2, 0.25) is 5.91 Å². The van der Waals surface area contributed by atoms with Crippen LogP contribution in [0.4, 0.5) is 0 Å². The zero-order valence-electron chi connectivity index (χ0n) is 8.44. The number of piperidine rings is 1. The molecule has 0 aromatic carbocycles. The van der Waals surface area contributed by atoms with Crippen LogP contribution >= 0.6 is 0 Å². The highest BCUT2D eigenvalue weighted by molar-refractivity contribution is 5.80. The smallest absolute Gasteiger partial charge is 0.239 e. The number of hydrogen-bond donors (Lipinski definition) is 1. The van der Waals surface area contributed by atoms with Crippen molar-refractivity contribution in [2.75, 3.05) is 19.7 Å². The number of carbonyl (C=O) groups excluding carboxylic acids is 1. The second-order valence-electron chi connectivity index (χ2n) is 3.83. The molecule has 0 saturated carbocycles. The fraction of sp³-hybridized carbons (Fsp3) is 0.800. The van der Waals surface area contributed by atoms with Crippen LogP contribution in [-0.2, 0) is 4.79 Å². The van der Waals surface area contributed by atoms with Gasteiger partial charge in [0, 0.05) is 19.7 Å². The molecule has 2 atom stereocenters. The van der Waals surface area contributed by atoms with E-state index in [0.29, 0.717) is 6.54 Å². The van der Waals surface area contributed by atoms with E-state index in [-0.39, 0.29) is 18.4 Å². The Bertz CT molecular complexity index is 247. The summed E-state index contributed by atoms with van der Waals surface area (Å²) in [5.41, 5.74) is 0. The molecule has 4 heteroatoms. The van der Waals surface area contributed by atoms with Gasteiger partial charge in [0.05, 0.1) is 6.07 Å². The van der Waals surface area contributed by atoms with Gasteiger partial charge >= 0.3 is 0 Å². The van der Waals surface area contributed by atoms with Gasteiger partial charge in [0.1, 0.15) is 5.92 Å². The summed E-state index contributed by atoms with van der Waals surface area (Å²) < 4.78 is 0. The number of hydrogen-bond acceptors (Lipinski definition) is 3. The topological polar surface area (TPSA) is 64.3 Å². The van der Waals surface area contributed by atoms with Crippen molar-refractivity contribution >= 4 is 5.91 Å². The third-order valence-corrected chi connectivity index (χ3v) is 2.65. The normalized spacial score (nSPS) is 24.1. The minimum absolute atomic E-state index is 0.106. The van der Waals surface area contributed by atoms with Gasteiger partial charge in [0.15, 0.2) is 0 Å². The SMILES string of the molecule is CC(C#N)C(=O)N1CCCC(CO)C1. The van der Waals surface area contributed by atoms with Crippen molar-refractivity contribution in [3.8, 4) is 6.07 Å². The number of nitriles is 1. The van der Waals surface area contributed by atoms with Crippen molar-refractivity contribution in [3.05, 3.63) is 0 Å². The lowest BCUT2D eigenvalue weighted by Gasteiger charge is -2.32. The summed E-state index contributed by atoms with van der Waals surface area (Å²) in [7, 11) is 0. The molecule has 1 fully saturated rings. The highest BCUT2D eigenvalue weighted by atomic mass is 16.3. The zero-order valence-corrected chi connectivity index (χ0v) is 8.44. The quantitative estimate of drug-likeness (QED) is 0.694. The Labute approximate surface area is 84.1 Å². The zero-order chi connectivity index (χ0) is 10.6. The molecule has 0 spiro atoms. The van der Waals surface area contributed by atoms with Crippen molar-refractivity contribution in [1.29, 1.82) is 5.26 Å². The summed E-state index contributed by atoms with van der Waals surface area (Å²) in [6.07, 6.45) is 1.90. The first-order valence-electron chi connectivity index (χ1n) is 4.98. The first kappa shape index (κ1) is 11.0. The molecule has 1 aliphatic heterocycles. The molecule has 1 amide bonds. The lowest BCUT2D eigenvalue weighted by molar-refractivity contribution is -0.135. The number of nitrogens with zero attached hydrogens (tertiary/aromatic N) is 2. The van der Waals surface area contributed by atoms with E-state index in [2.05, 4.69) is 0 Å². The molecule has 0 radical (unpaired) electrons. The minimum atomic E-state index is -0.563. The van der Waals surface area contributed by atoms with Crippen LogP contribution in [0.1, 0.15) is 19.8 Å². The van der Waals surface area contributed by atoms with E-state index in [1.807, 2.05) is 6.07 Å². The highest BCUT2D eigenvalue weighted by Gasteiger charge is 2.25. The highest BCUT2D eigenvalue weighted by Crippen LogP contribution is 2.17. The van der Waals surface area contributed by atoms with E-state index in [1.54, 1.807) is 11.8 Å². The van der Waals surface area contributed by atoms with E-state index in [0.717, 1.165) is 19.4 Å². The molecule has 2 unspecified atom stereocenters. The number of likely N-dealkylation sites (tertiary alicyclic amines) is 1. The largest absolute Gasteiger partial charge is 0.396 e. The molecule has 1 saturated heterocycles. The van der Waals surface area contributed by atoms with E-state index in [4.69, 9.17) is 10.4 Å². The Kier molecular flexibility index (Phi) is 3.90. The number of carbonyl (C=O) groups is 1. The summed E-state index contributed by atoms with van der Waals surface area (Å²) in [6.45, 7) is 3.07. The van der Waals surface area contributed by atoms with Gasteiger partial charge in [-0.3, -0.25) is 4.79 Å². The van der Waals surface area contributed by atoms with Crippen LogP contribution in [0.2, 0.25) is 0 Å². The average Bonchev–Trinajstić information content (AvgIpc) is 2.27. The predicted molar refractivity (Wildman–Crippen MR) is 51.2 cm³/mol. The van der Waals surface area contributed by atoms with E-state index in [1.165, 1.54) is 0 Å². The molecule has 4 nitrogen and oxygen atoms in total. The Balaban J connectivity index is 2.52. The monoisotopic (exact) mass is 196 g/mol. The fourth-order valence-electron chi connectivity index (χ4n) is 1.74. The Hall–Kier alpha value is -1.08. The van der Waals surface area contributed by atoms with Crippen molar-refractivity contribution in [2.24, 2.45) is 11.8 Å². The maximum Gasteiger partial charge on any atom is 0.239 e. The first-order valence-corrected chi connectivity index (χ1v) is 4.98. The third kappa shape index (κ3) is 2.46. The van der Waals surface area contributed by atoms with Crippen molar-refractivity contribution in [3.63, 3.8) is 0 Å². The Morgan fingerprint density at radius 1 is 1.79 bits per heavy atom. The minimum Gasteiger partial charge on any atom is -0.396 e. The second-order valence-corrected chi connectivity index (χ2v) is 3.83. The van der Waals surface area contributed by atoms with Gasteiger partial charge < -0.3 is 10.0 Å². The summed E-state index contributed by atoms with van der Waals surface area (Å²) >= 11 is 0. The van der Waals surface area contributed by atoms with Crippen molar-refractivity contribution in [1.82, 2.24) is 4.90 Å². The maximum absolute atomic E-state index is 11.6. The molecule has 14 heavy (non-hydrogen) atoms. The van der Waals surface area contributed by atoms with E-state index >= 15 is 0 Å². The molecule has 0 bridgehead atoms. The number of amides is 1. The van der Waals surface area contributed by atoms with Gasteiger partial charge in [0.25, 0.3) is 0 Å². The molecule has 1 rings (SSSR count). The van der Waals surface area contributed by atoms with Gasteiger partial charge in [-0.1, -0.05) is 0 Å². The first-order chi connectivity index (χ1) is 6.69. The molecular formula is C10H16N2O2. The molecule has 1 heterocycles. The van der Waals surface area contributed by atoms with Crippen LogP contribution in [0, 0.1) is 23.2 Å². The van der Waals surface area contributed by atoms with Gasteiger partial charge in [-0.15, -0.1) is 0 Å². The molecular weight excluding hydrogens is 180 g/mol. The number of aliphatic hydroxyl groups excluding tert-OH is 1. The lowest BCUT2D eigenvalue weighted by atomic mass is 9.98. The van der Waals surface area contributed by atoms with Gasteiger partial charge in [-0.2, -0.15) is 5.26 Å². The van der Waals surface area contributed by atoms with E-state index < -0.39 is 5.92 Å². The second kappa shape index (κ2) is 4.97. The Morgan fingerprint density at radius 3 is 3.07 bits per heavy atom. The molecule has 0 aliphatic carbocycles. The molecule has 1 N–H and O–H groups in total. The molecule has 0 aromatic rings. The summed E-state index contributed by atoms with van der Waals surface area (Å²) in [4.78, 5) is 13.3. The van der Waals surface area contributed by atoms with Crippen molar-refractivity contribution < 1.29 is 9.90 Å². The predicted octanol–water partition coefficient (Wildman–Crippen LogP) is 0.377. The van der Waals surface area contributed by atoms with Gasteiger partial charge in [-0.05, 0) is 25.7 Å². The summed E-state index contributed by atoms with van der Waals surface area (Å²) in [5, 5.41) is 17.6.